The Morgan fingerprint density at radius 3 is 2.19 bits per heavy atom. The van der Waals surface area contributed by atoms with Gasteiger partial charge in [0.2, 0.25) is 0 Å². The number of thioether (sulfide) groups is 1. The molecule has 1 aromatic carbocycles. The smallest absolute Gasteiger partial charge is 0.122 e. The molecule has 0 saturated heterocycles. The highest BCUT2D eigenvalue weighted by molar-refractivity contribution is 8.00. The molecule has 1 aliphatic rings. The van der Waals surface area contributed by atoms with Gasteiger partial charge in [0.1, 0.15) is 11.5 Å². The molecule has 21 heavy (non-hydrogen) atoms. The van der Waals surface area contributed by atoms with Crippen LogP contribution in [0.2, 0.25) is 0 Å². The van der Waals surface area contributed by atoms with Crippen LogP contribution in [0.25, 0.3) is 0 Å². The Morgan fingerprint density at radius 2 is 1.67 bits per heavy atom. The number of nitrogens with one attached hydrogen (secondary N) is 1. The number of hydrogen-bond acceptors (Lipinski definition) is 4. The third-order valence-corrected chi connectivity index (χ3v) is 5.80. The van der Waals surface area contributed by atoms with E-state index < -0.39 is 0 Å². The van der Waals surface area contributed by atoms with Crippen LogP contribution in [0, 0.1) is 0 Å². The van der Waals surface area contributed by atoms with E-state index in [1.165, 1.54) is 37.7 Å². The van der Waals surface area contributed by atoms with Crippen molar-refractivity contribution in [1.82, 2.24) is 5.32 Å². The maximum absolute atomic E-state index is 5.32. The lowest BCUT2D eigenvalue weighted by atomic mass is 9.88. The second kappa shape index (κ2) is 7.95. The number of methoxy groups -OCH3 is 2. The van der Waals surface area contributed by atoms with Gasteiger partial charge in [0.05, 0.1) is 14.2 Å². The van der Waals surface area contributed by atoms with Crippen molar-refractivity contribution in [2.45, 2.75) is 43.4 Å². The van der Waals surface area contributed by atoms with Crippen molar-refractivity contribution in [3.05, 3.63) is 23.8 Å². The Bertz CT molecular complexity index is 422. The van der Waals surface area contributed by atoms with Crippen LogP contribution < -0.4 is 14.8 Å². The predicted molar refractivity (Wildman–Crippen MR) is 90.6 cm³/mol. The van der Waals surface area contributed by atoms with Crippen LogP contribution in [-0.2, 0) is 6.54 Å². The lowest BCUT2D eigenvalue weighted by Crippen LogP contribution is -2.39. The van der Waals surface area contributed by atoms with Crippen LogP contribution in [0.15, 0.2) is 18.2 Å². The third kappa shape index (κ3) is 4.55. The summed E-state index contributed by atoms with van der Waals surface area (Å²) in [7, 11) is 3.38. The molecule has 1 fully saturated rings. The lowest BCUT2D eigenvalue weighted by Gasteiger charge is -2.36. The van der Waals surface area contributed by atoms with Gasteiger partial charge in [-0.05, 0) is 36.8 Å². The Morgan fingerprint density at radius 1 is 1.05 bits per heavy atom. The molecule has 0 amide bonds. The van der Waals surface area contributed by atoms with Crippen molar-refractivity contribution >= 4 is 11.8 Å². The molecule has 2 rings (SSSR count). The largest absolute Gasteiger partial charge is 0.497 e. The van der Waals surface area contributed by atoms with Gasteiger partial charge in [-0.25, -0.2) is 0 Å². The second-order valence-electron chi connectivity index (χ2n) is 5.77. The molecule has 0 bridgehead atoms. The first-order chi connectivity index (χ1) is 10.2. The molecule has 0 heterocycles. The molecule has 1 N–H and O–H groups in total. The van der Waals surface area contributed by atoms with Crippen molar-refractivity contribution in [3.8, 4) is 11.5 Å². The quantitative estimate of drug-likeness (QED) is 0.828. The molecule has 4 heteroatoms. The third-order valence-electron chi connectivity index (χ3n) is 4.39. The first-order valence-electron chi connectivity index (χ1n) is 7.69. The van der Waals surface area contributed by atoms with Gasteiger partial charge in [0.25, 0.3) is 0 Å². The number of ether oxygens (including phenoxy) is 2. The molecule has 0 radical (unpaired) electrons. The van der Waals surface area contributed by atoms with Gasteiger partial charge in [0, 0.05) is 23.9 Å². The monoisotopic (exact) mass is 309 g/mol. The van der Waals surface area contributed by atoms with Crippen molar-refractivity contribution in [1.29, 1.82) is 0 Å². The van der Waals surface area contributed by atoms with E-state index in [4.69, 9.17) is 9.47 Å². The van der Waals surface area contributed by atoms with E-state index in [0.717, 1.165) is 24.6 Å². The molecule has 1 aliphatic carbocycles. The molecule has 118 valence electrons. The molecule has 1 saturated carbocycles. The zero-order valence-corrected chi connectivity index (χ0v) is 14.2. The number of hydrogen-bond donors (Lipinski definition) is 1. The zero-order valence-electron chi connectivity index (χ0n) is 13.4. The molecule has 0 atom stereocenters. The first-order valence-corrected chi connectivity index (χ1v) is 8.92. The van der Waals surface area contributed by atoms with E-state index in [1.807, 2.05) is 17.8 Å². The fourth-order valence-electron chi connectivity index (χ4n) is 3.05. The molecule has 0 spiro atoms. The van der Waals surface area contributed by atoms with E-state index in [1.54, 1.807) is 14.2 Å². The van der Waals surface area contributed by atoms with Gasteiger partial charge >= 0.3 is 0 Å². The van der Waals surface area contributed by atoms with Crippen molar-refractivity contribution in [2.24, 2.45) is 0 Å². The minimum atomic E-state index is 0.432. The van der Waals surface area contributed by atoms with E-state index in [9.17, 15) is 0 Å². The summed E-state index contributed by atoms with van der Waals surface area (Å²) >= 11 is 2.03. The molecule has 0 aromatic heterocycles. The zero-order chi connectivity index (χ0) is 15.1. The van der Waals surface area contributed by atoms with Gasteiger partial charge in [-0.3, -0.25) is 0 Å². The highest BCUT2D eigenvalue weighted by Gasteiger charge is 2.30. The predicted octanol–water partition coefficient (Wildman–Crippen LogP) is 3.86. The maximum Gasteiger partial charge on any atom is 0.122 e. The van der Waals surface area contributed by atoms with Crippen molar-refractivity contribution < 1.29 is 9.47 Å². The van der Waals surface area contributed by atoms with Crippen molar-refractivity contribution in [3.63, 3.8) is 0 Å². The van der Waals surface area contributed by atoms with Crippen LogP contribution in [0.3, 0.4) is 0 Å². The van der Waals surface area contributed by atoms with Crippen molar-refractivity contribution in [2.75, 3.05) is 27.0 Å². The molecule has 0 unspecified atom stereocenters. The fourth-order valence-corrected chi connectivity index (χ4v) is 4.00. The minimum absolute atomic E-state index is 0.432. The van der Waals surface area contributed by atoms with E-state index in [2.05, 4.69) is 23.7 Å². The molecular formula is C17H27NO2S. The van der Waals surface area contributed by atoms with Gasteiger partial charge in [0.15, 0.2) is 0 Å². The van der Waals surface area contributed by atoms with E-state index in [0.29, 0.717) is 4.75 Å². The summed E-state index contributed by atoms with van der Waals surface area (Å²) in [6, 6.07) is 6.05. The Kier molecular flexibility index (Phi) is 6.24. The average Bonchev–Trinajstić information content (AvgIpc) is 2.55. The summed E-state index contributed by atoms with van der Waals surface area (Å²) in [5, 5.41) is 3.63. The summed E-state index contributed by atoms with van der Waals surface area (Å²) in [4.78, 5) is 0. The Hall–Kier alpha value is -0.870. The Balaban J connectivity index is 1.93. The van der Waals surface area contributed by atoms with Gasteiger partial charge in [-0.2, -0.15) is 11.8 Å². The lowest BCUT2D eigenvalue weighted by molar-refractivity contribution is 0.377. The number of rotatable bonds is 7. The van der Waals surface area contributed by atoms with Gasteiger partial charge in [-0.1, -0.05) is 19.3 Å². The average molecular weight is 309 g/mol. The highest BCUT2D eigenvalue weighted by Crippen LogP contribution is 2.38. The van der Waals surface area contributed by atoms with Crippen LogP contribution in [0.4, 0.5) is 0 Å². The molecule has 3 nitrogen and oxygen atoms in total. The first kappa shape index (κ1) is 16.5. The Labute approximate surface area is 132 Å². The summed E-state index contributed by atoms with van der Waals surface area (Å²) in [6.07, 6.45) is 9.06. The standard InChI is InChI=1S/C17H27NO2S/c1-19-15-9-14(10-16(11-15)20-2)12-18-13-17(21-3)7-5-4-6-8-17/h9-11,18H,4-8,12-13H2,1-3H3. The van der Waals surface area contributed by atoms with Crippen LogP contribution in [0.1, 0.15) is 37.7 Å². The van der Waals surface area contributed by atoms with Crippen LogP contribution >= 0.6 is 11.8 Å². The van der Waals surface area contributed by atoms with Crippen LogP contribution in [0.5, 0.6) is 11.5 Å². The fraction of sp³-hybridized carbons (Fsp3) is 0.647. The summed E-state index contributed by atoms with van der Waals surface area (Å²) in [5.41, 5.74) is 1.21. The second-order valence-corrected chi connectivity index (χ2v) is 7.05. The minimum Gasteiger partial charge on any atom is -0.497 e. The number of benzene rings is 1. The van der Waals surface area contributed by atoms with Gasteiger partial charge < -0.3 is 14.8 Å². The SMILES string of the molecule is COc1cc(CNCC2(SC)CCCCC2)cc(OC)c1. The normalized spacial score (nSPS) is 17.5. The van der Waals surface area contributed by atoms with Gasteiger partial charge in [-0.15, -0.1) is 0 Å². The van der Waals surface area contributed by atoms with Crippen LogP contribution in [-0.4, -0.2) is 31.8 Å². The highest BCUT2D eigenvalue weighted by atomic mass is 32.2. The van der Waals surface area contributed by atoms with E-state index in [-0.39, 0.29) is 0 Å². The van der Waals surface area contributed by atoms with E-state index >= 15 is 0 Å². The molecule has 1 aromatic rings. The summed E-state index contributed by atoms with van der Waals surface area (Å²) < 4.78 is 11.1. The topological polar surface area (TPSA) is 30.5 Å². The summed E-state index contributed by atoms with van der Waals surface area (Å²) in [5.74, 6) is 1.70. The summed E-state index contributed by atoms with van der Waals surface area (Å²) in [6.45, 7) is 1.93. The maximum atomic E-state index is 5.32. The molecular weight excluding hydrogens is 282 g/mol. The molecule has 0 aliphatic heterocycles.